The second-order valence-electron chi connectivity index (χ2n) is 6.00. The topological polar surface area (TPSA) is 66.6 Å². The van der Waals surface area contributed by atoms with Crippen LogP contribution >= 0.6 is 0 Å². The Morgan fingerprint density at radius 3 is 2.86 bits per heavy atom. The highest BCUT2D eigenvalue weighted by Crippen LogP contribution is 2.27. The van der Waals surface area contributed by atoms with Crippen molar-refractivity contribution in [2.45, 2.75) is 37.2 Å². The molecule has 2 heterocycles. The Morgan fingerprint density at radius 1 is 1.29 bits per heavy atom. The first-order chi connectivity index (χ1) is 10.0. The second kappa shape index (κ2) is 5.68. The zero-order chi connectivity index (χ0) is 15.0. The summed E-state index contributed by atoms with van der Waals surface area (Å²) in [6.45, 7) is 5.37. The number of rotatable bonds is 3. The van der Waals surface area contributed by atoms with Crippen LogP contribution in [0.2, 0.25) is 0 Å². The third-order valence-electron chi connectivity index (χ3n) is 4.66. The van der Waals surface area contributed by atoms with Gasteiger partial charge >= 0.3 is 0 Å². The van der Waals surface area contributed by atoms with Crippen LogP contribution in [0, 0.1) is 6.92 Å². The summed E-state index contributed by atoms with van der Waals surface area (Å²) >= 11 is 0. The van der Waals surface area contributed by atoms with Crippen LogP contribution in [0.4, 0.5) is 0 Å². The number of nitrogens with two attached hydrogens (primary N) is 1. The van der Waals surface area contributed by atoms with Gasteiger partial charge in [-0.3, -0.25) is 4.90 Å². The Labute approximate surface area is 126 Å². The lowest BCUT2D eigenvalue weighted by atomic mass is 10.1. The summed E-state index contributed by atoms with van der Waals surface area (Å²) in [6, 6.07) is 5.86. The van der Waals surface area contributed by atoms with Gasteiger partial charge in [0.2, 0.25) is 10.0 Å². The highest BCUT2D eigenvalue weighted by Gasteiger charge is 2.36. The van der Waals surface area contributed by atoms with Crippen LogP contribution < -0.4 is 5.73 Å². The fourth-order valence-corrected chi connectivity index (χ4v) is 5.11. The number of sulfonamides is 1. The summed E-state index contributed by atoms with van der Waals surface area (Å²) in [5.41, 5.74) is 7.30. The molecule has 2 N–H and O–H groups in total. The van der Waals surface area contributed by atoms with Crippen LogP contribution in [0.1, 0.15) is 24.0 Å². The Morgan fingerprint density at radius 2 is 2.10 bits per heavy atom. The smallest absolute Gasteiger partial charge is 0.243 e. The molecule has 5 nitrogen and oxygen atoms in total. The molecule has 0 saturated carbocycles. The molecular formula is C15H23N3O2S. The number of hydrogen-bond donors (Lipinski definition) is 1. The number of hydrogen-bond acceptors (Lipinski definition) is 4. The Hall–Kier alpha value is -0.950. The third-order valence-corrected chi connectivity index (χ3v) is 6.66. The maximum Gasteiger partial charge on any atom is 0.243 e. The van der Waals surface area contributed by atoms with Gasteiger partial charge < -0.3 is 5.73 Å². The average Bonchev–Trinajstić information content (AvgIpc) is 2.95. The van der Waals surface area contributed by atoms with E-state index in [0.29, 0.717) is 30.6 Å². The van der Waals surface area contributed by atoms with E-state index in [9.17, 15) is 8.42 Å². The minimum absolute atomic E-state index is 0.360. The molecule has 6 heteroatoms. The van der Waals surface area contributed by atoms with Gasteiger partial charge in [0.25, 0.3) is 0 Å². The van der Waals surface area contributed by atoms with E-state index in [1.54, 1.807) is 10.4 Å². The predicted molar refractivity (Wildman–Crippen MR) is 82.4 cm³/mol. The van der Waals surface area contributed by atoms with E-state index in [1.165, 1.54) is 6.42 Å². The van der Waals surface area contributed by atoms with E-state index >= 15 is 0 Å². The lowest BCUT2D eigenvalue weighted by Crippen LogP contribution is -2.52. The van der Waals surface area contributed by atoms with Crippen molar-refractivity contribution < 1.29 is 8.42 Å². The van der Waals surface area contributed by atoms with Gasteiger partial charge in [-0.2, -0.15) is 4.31 Å². The third kappa shape index (κ3) is 2.73. The normalized spacial score (nSPS) is 24.2. The lowest BCUT2D eigenvalue weighted by molar-refractivity contribution is 0.158. The SMILES string of the molecule is Cc1ccc(CN)cc1S(=O)(=O)N1CCN2CCCC2C1. The minimum Gasteiger partial charge on any atom is -0.326 e. The van der Waals surface area contributed by atoms with Crippen LogP contribution in [-0.4, -0.2) is 49.8 Å². The molecule has 2 aliphatic rings. The molecule has 3 rings (SSSR count). The molecule has 21 heavy (non-hydrogen) atoms. The van der Waals surface area contributed by atoms with Gasteiger partial charge in [0, 0.05) is 32.2 Å². The van der Waals surface area contributed by atoms with E-state index < -0.39 is 10.0 Å². The van der Waals surface area contributed by atoms with E-state index in [-0.39, 0.29) is 0 Å². The van der Waals surface area contributed by atoms with Crippen LogP contribution in [0.3, 0.4) is 0 Å². The van der Waals surface area contributed by atoms with Crippen molar-refractivity contribution in [1.29, 1.82) is 0 Å². The van der Waals surface area contributed by atoms with Gasteiger partial charge in [-0.1, -0.05) is 12.1 Å². The van der Waals surface area contributed by atoms with Crippen LogP contribution in [0.25, 0.3) is 0 Å². The van der Waals surface area contributed by atoms with Gasteiger partial charge in [-0.25, -0.2) is 8.42 Å². The zero-order valence-electron chi connectivity index (χ0n) is 12.5. The molecular weight excluding hydrogens is 286 g/mol. The average molecular weight is 309 g/mol. The van der Waals surface area contributed by atoms with E-state index in [0.717, 1.165) is 30.6 Å². The maximum absolute atomic E-state index is 12.9. The Kier molecular flexibility index (Phi) is 4.05. The maximum atomic E-state index is 12.9. The number of piperazine rings is 1. The first-order valence-electron chi connectivity index (χ1n) is 7.56. The monoisotopic (exact) mass is 309 g/mol. The largest absolute Gasteiger partial charge is 0.326 e. The first-order valence-corrected chi connectivity index (χ1v) is 9.00. The van der Waals surface area contributed by atoms with Gasteiger partial charge in [-0.05, 0) is 43.5 Å². The van der Waals surface area contributed by atoms with Crippen LogP contribution in [0.5, 0.6) is 0 Å². The molecule has 0 radical (unpaired) electrons. The van der Waals surface area contributed by atoms with Crippen molar-refractivity contribution in [3.05, 3.63) is 29.3 Å². The second-order valence-corrected chi connectivity index (χ2v) is 7.91. The van der Waals surface area contributed by atoms with Gasteiger partial charge in [0.05, 0.1) is 4.90 Å². The van der Waals surface area contributed by atoms with Crippen molar-refractivity contribution in [3.63, 3.8) is 0 Å². The minimum atomic E-state index is -3.41. The van der Waals surface area contributed by atoms with Crippen LogP contribution in [0.15, 0.2) is 23.1 Å². The molecule has 1 unspecified atom stereocenters. The Balaban J connectivity index is 1.90. The van der Waals surface area contributed by atoms with Crippen molar-refractivity contribution in [2.24, 2.45) is 5.73 Å². The van der Waals surface area contributed by atoms with Crippen molar-refractivity contribution >= 4 is 10.0 Å². The molecule has 0 bridgehead atoms. The summed E-state index contributed by atoms with van der Waals surface area (Å²) in [5, 5.41) is 0. The summed E-state index contributed by atoms with van der Waals surface area (Å²) in [5.74, 6) is 0. The molecule has 1 aromatic rings. The van der Waals surface area contributed by atoms with Crippen molar-refractivity contribution in [2.75, 3.05) is 26.2 Å². The molecule has 0 spiro atoms. The van der Waals surface area contributed by atoms with E-state index in [4.69, 9.17) is 5.73 Å². The number of fused-ring (bicyclic) bond motifs is 1. The fourth-order valence-electron chi connectivity index (χ4n) is 3.37. The number of nitrogens with zero attached hydrogens (tertiary/aromatic N) is 2. The van der Waals surface area contributed by atoms with Crippen molar-refractivity contribution in [3.8, 4) is 0 Å². The molecule has 2 aliphatic heterocycles. The summed E-state index contributed by atoms with van der Waals surface area (Å²) in [6.07, 6.45) is 2.29. The fraction of sp³-hybridized carbons (Fsp3) is 0.600. The summed E-state index contributed by atoms with van der Waals surface area (Å²) in [7, 11) is -3.41. The number of aryl methyl sites for hydroxylation is 1. The van der Waals surface area contributed by atoms with Gasteiger partial charge in [0.15, 0.2) is 0 Å². The molecule has 0 amide bonds. The summed E-state index contributed by atoms with van der Waals surface area (Å²) in [4.78, 5) is 2.83. The van der Waals surface area contributed by atoms with E-state index in [2.05, 4.69) is 4.90 Å². The lowest BCUT2D eigenvalue weighted by Gasteiger charge is -2.36. The predicted octanol–water partition coefficient (Wildman–Crippen LogP) is 0.922. The summed E-state index contributed by atoms with van der Waals surface area (Å²) < 4.78 is 27.5. The molecule has 116 valence electrons. The van der Waals surface area contributed by atoms with Gasteiger partial charge in [-0.15, -0.1) is 0 Å². The van der Waals surface area contributed by atoms with Gasteiger partial charge in [0.1, 0.15) is 0 Å². The Bertz CT molecular complexity index is 630. The number of benzene rings is 1. The molecule has 0 aliphatic carbocycles. The molecule has 0 aromatic heterocycles. The standard InChI is InChI=1S/C15H23N3O2S/c1-12-4-5-13(10-16)9-15(12)21(19,20)18-8-7-17-6-2-3-14(17)11-18/h4-5,9,14H,2-3,6-8,10-11,16H2,1H3. The molecule has 1 aromatic carbocycles. The zero-order valence-corrected chi connectivity index (χ0v) is 13.3. The molecule has 2 saturated heterocycles. The molecule has 2 fully saturated rings. The van der Waals surface area contributed by atoms with Crippen LogP contribution in [-0.2, 0) is 16.6 Å². The molecule has 1 atom stereocenters. The highest BCUT2D eigenvalue weighted by atomic mass is 32.2. The first kappa shape index (κ1) is 15.0. The van der Waals surface area contributed by atoms with Crippen molar-refractivity contribution in [1.82, 2.24) is 9.21 Å². The van der Waals surface area contributed by atoms with E-state index in [1.807, 2.05) is 19.1 Å². The quantitative estimate of drug-likeness (QED) is 0.902. The highest BCUT2D eigenvalue weighted by molar-refractivity contribution is 7.89.